The molecule has 1 aliphatic heterocycles. The minimum absolute atomic E-state index is 0.265. The molecule has 0 fully saturated rings. The summed E-state index contributed by atoms with van der Waals surface area (Å²) >= 11 is 0. The number of hydrogen-bond acceptors (Lipinski definition) is 3. The van der Waals surface area contributed by atoms with Crippen LogP contribution < -0.4 is 10.2 Å². The predicted octanol–water partition coefficient (Wildman–Crippen LogP) is 7.76. The molecule has 0 radical (unpaired) electrons. The van der Waals surface area contributed by atoms with Crippen molar-refractivity contribution >= 4 is 39.0 Å². The van der Waals surface area contributed by atoms with E-state index in [1.165, 1.54) is 16.9 Å². The number of allylic oxidation sites excluding steroid dienone is 1. The summed E-state index contributed by atoms with van der Waals surface area (Å²) < 4.78 is 6.08. The topological polar surface area (TPSA) is 28.4 Å². The average Bonchev–Trinajstić information content (AvgIpc) is 3.41. The molecule has 2 unspecified atom stereocenters. The minimum Gasteiger partial charge on any atom is -0.456 e. The number of furan rings is 1. The highest BCUT2D eigenvalue weighted by atomic mass is 16.3. The number of rotatable bonds is 3. The van der Waals surface area contributed by atoms with Crippen LogP contribution in [-0.2, 0) is 0 Å². The lowest BCUT2D eigenvalue weighted by Gasteiger charge is -2.29. The molecule has 2 aliphatic rings. The molecule has 2 atom stereocenters. The number of fused-ring (bicyclic) bond motifs is 6. The Labute approximate surface area is 192 Å². The van der Waals surface area contributed by atoms with Gasteiger partial charge in [-0.25, -0.2) is 0 Å². The van der Waals surface area contributed by atoms with Gasteiger partial charge in [-0.1, -0.05) is 72.8 Å². The molecule has 0 amide bonds. The fraction of sp³-hybridized carbons (Fsp3) is 0.0667. The van der Waals surface area contributed by atoms with E-state index in [2.05, 4.69) is 101 Å². The Balaban J connectivity index is 1.30. The van der Waals surface area contributed by atoms with Crippen molar-refractivity contribution in [1.82, 2.24) is 0 Å². The molecular formula is C30H22N2O. The zero-order valence-electron chi connectivity index (χ0n) is 18.0. The Morgan fingerprint density at radius 1 is 0.727 bits per heavy atom. The highest BCUT2D eigenvalue weighted by molar-refractivity contribution is 6.11. The molecule has 7 rings (SSSR count). The van der Waals surface area contributed by atoms with Crippen LogP contribution in [0.4, 0.5) is 17.1 Å². The van der Waals surface area contributed by atoms with Crippen LogP contribution in [-0.4, -0.2) is 6.04 Å². The first-order valence-corrected chi connectivity index (χ1v) is 11.4. The van der Waals surface area contributed by atoms with Crippen LogP contribution in [0.25, 0.3) is 21.9 Å². The summed E-state index contributed by atoms with van der Waals surface area (Å²) in [5, 5.41) is 5.96. The van der Waals surface area contributed by atoms with E-state index in [0.29, 0.717) is 0 Å². The monoisotopic (exact) mass is 426 g/mol. The zero-order chi connectivity index (χ0) is 21.8. The zero-order valence-corrected chi connectivity index (χ0v) is 18.0. The van der Waals surface area contributed by atoms with Crippen LogP contribution in [0.2, 0.25) is 0 Å². The van der Waals surface area contributed by atoms with E-state index in [4.69, 9.17) is 4.42 Å². The summed E-state index contributed by atoms with van der Waals surface area (Å²) in [4.78, 5) is 2.45. The number of anilines is 3. The molecular weight excluding hydrogens is 404 g/mol. The first-order chi connectivity index (χ1) is 16.4. The van der Waals surface area contributed by atoms with Crippen LogP contribution in [0, 0.1) is 0 Å². The number of benzene rings is 4. The normalized spacial score (nSPS) is 18.9. The number of nitrogens with zero attached hydrogens (tertiary/aromatic N) is 1. The van der Waals surface area contributed by atoms with Crippen molar-refractivity contribution in [3.63, 3.8) is 0 Å². The lowest BCUT2D eigenvalue weighted by molar-refractivity contribution is 0.669. The third-order valence-electron chi connectivity index (χ3n) is 6.77. The minimum atomic E-state index is 0.265. The fourth-order valence-corrected chi connectivity index (χ4v) is 5.36. The number of para-hydroxylation sites is 3. The van der Waals surface area contributed by atoms with Gasteiger partial charge in [-0.15, -0.1) is 0 Å². The van der Waals surface area contributed by atoms with Crippen LogP contribution in [0.3, 0.4) is 0 Å². The molecule has 0 spiro atoms. The molecule has 1 aromatic heterocycles. The van der Waals surface area contributed by atoms with E-state index in [1.807, 2.05) is 24.3 Å². The first-order valence-electron chi connectivity index (χ1n) is 11.4. The van der Waals surface area contributed by atoms with Gasteiger partial charge < -0.3 is 14.6 Å². The quantitative estimate of drug-likeness (QED) is 0.320. The third kappa shape index (κ3) is 2.82. The molecule has 2 heterocycles. The lowest BCUT2D eigenvalue weighted by Crippen LogP contribution is -2.29. The van der Waals surface area contributed by atoms with Gasteiger partial charge in [0.15, 0.2) is 0 Å². The molecule has 0 saturated heterocycles. The second-order valence-electron chi connectivity index (χ2n) is 8.66. The molecule has 158 valence electrons. The van der Waals surface area contributed by atoms with Crippen molar-refractivity contribution in [2.24, 2.45) is 0 Å². The maximum Gasteiger partial charge on any atom is 0.137 e. The lowest BCUT2D eigenvalue weighted by atomic mass is 9.90. The Morgan fingerprint density at radius 2 is 1.52 bits per heavy atom. The van der Waals surface area contributed by atoms with Crippen LogP contribution in [0.1, 0.15) is 11.5 Å². The molecule has 0 bridgehead atoms. The summed E-state index contributed by atoms with van der Waals surface area (Å²) in [5.74, 6) is 0.286. The summed E-state index contributed by atoms with van der Waals surface area (Å²) in [6, 6.07) is 34.1. The highest BCUT2D eigenvalue weighted by Crippen LogP contribution is 2.48. The van der Waals surface area contributed by atoms with Crippen molar-refractivity contribution in [3.05, 3.63) is 127 Å². The largest absolute Gasteiger partial charge is 0.456 e. The molecule has 3 heteroatoms. The van der Waals surface area contributed by atoms with Gasteiger partial charge in [0.25, 0.3) is 0 Å². The van der Waals surface area contributed by atoms with Gasteiger partial charge in [-0.05, 0) is 48.0 Å². The predicted molar refractivity (Wildman–Crippen MR) is 136 cm³/mol. The van der Waals surface area contributed by atoms with Gasteiger partial charge in [-0.3, -0.25) is 0 Å². The van der Waals surface area contributed by atoms with Crippen molar-refractivity contribution in [2.45, 2.75) is 12.0 Å². The number of hydrogen-bond donors (Lipinski definition) is 1. The van der Waals surface area contributed by atoms with Crippen molar-refractivity contribution in [1.29, 1.82) is 0 Å². The second-order valence-corrected chi connectivity index (χ2v) is 8.66. The van der Waals surface area contributed by atoms with Gasteiger partial charge >= 0.3 is 0 Å². The summed E-state index contributed by atoms with van der Waals surface area (Å²) in [7, 11) is 0. The van der Waals surface area contributed by atoms with Crippen LogP contribution >= 0.6 is 0 Å². The molecule has 0 saturated carbocycles. The van der Waals surface area contributed by atoms with Crippen molar-refractivity contribution in [3.8, 4) is 0 Å². The molecule has 3 nitrogen and oxygen atoms in total. The SMILES string of the molecule is C1=CC2C(C=C1Nc1cccc3oc4ccccc4c13)c1ccccc1N2c1ccccc1. The van der Waals surface area contributed by atoms with Gasteiger partial charge in [0.1, 0.15) is 11.2 Å². The van der Waals surface area contributed by atoms with Gasteiger partial charge in [-0.2, -0.15) is 0 Å². The maximum absolute atomic E-state index is 6.08. The van der Waals surface area contributed by atoms with E-state index in [1.54, 1.807) is 0 Å². The molecule has 33 heavy (non-hydrogen) atoms. The molecule has 1 N–H and O–H groups in total. The molecule has 4 aromatic carbocycles. The standard InChI is InChI=1S/C30H22N2O/c1-2-9-21(10-3-1)32-26-14-6-4-11-22(26)24-19-20(17-18-27(24)32)31-25-13-8-16-29-30(25)23-12-5-7-15-28(23)33-29/h1-19,24,27,31H. The smallest absolute Gasteiger partial charge is 0.137 e. The van der Waals surface area contributed by atoms with E-state index >= 15 is 0 Å². The average molecular weight is 427 g/mol. The first kappa shape index (κ1) is 18.3. The van der Waals surface area contributed by atoms with E-state index in [9.17, 15) is 0 Å². The van der Waals surface area contributed by atoms with Crippen molar-refractivity contribution in [2.75, 3.05) is 10.2 Å². The molecule has 5 aromatic rings. The Morgan fingerprint density at radius 3 is 2.45 bits per heavy atom. The van der Waals surface area contributed by atoms with Gasteiger partial charge in [0.2, 0.25) is 0 Å². The van der Waals surface area contributed by atoms with E-state index in [-0.39, 0.29) is 12.0 Å². The second kappa shape index (κ2) is 7.14. The summed E-state index contributed by atoms with van der Waals surface area (Å²) in [5.41, 5.74) is 7.86. The van der Waals surface area contributed by atoms with E-state index in [0.717, 1.165) is 33.3 Å². The maximum atomic E-state index is 6.08. The number of nitrogens with one attached hydrogen (secondary N) is 1. The van der Waals surface area contributed by atoms with Gasteiger partial charge in [0.05, 0.1) is 17.1 Å². The summed E-state index contributed by atoms with van der Waals surface area (Å²) in [6.07, 6.45) is 6.91. The highest BCUT2D eigenvalue weighted by Gasteiger charge is 2.38. The Hall–Kier alpha value is -4.24. The van der Waals surface area contributed by atoms with E-state index < -0.39 is 0 Å². The van der Waals surface area contributed by atoms with Crippen molar-refractivity contribution < 1.29 is 4.42 Å². The van der Waals surface area contributed by atoms with Gasteiger partial charge in [0, 0.05) is 28.4 Å². The van der Waals surface area contributed by atoms with Crippen LogP contribution in [0.15, 0.2) is 125 Å². The Bertz CT molecular complexity index is 1560. The third-order valence-corrected chi connectivity index (χ3v) is 6.77. The fourth-order valence-electron chi connectivity index (χ4n) is 5.36. The van der Waals surface area contributed by atoms with Crippen LogP contribution in [0.5, 0.6) is 0 Å². The summed E-state index contributed by atoms with van der Waals surface area (Å²) in [6.45, 7) is 0. The molecule has 1 aliphatic carbocycles. The Kier molecular flexibility index (Phi) is 3.97.